The van der Waals surface area contributed by atoms with Crippen LogP contribution in [0.4, 0.5) is 4.39 Å². The van der Waals surface area contributed by atoms with Crippen molar-refractivity contribution in [2.45, 2.75) is 19.6 Å². The predicted molar refractivity (Wildman–Crippen MR) is 105 cm³/mol. The van der Waals surface area contributed by atoms with Crippen LogP contribution in [-0.2, 0) is 11.3 Å². The number of carbonyl (C=O) groups excluding carboxylic acids is 1. The SMILES string of the molecule is Cc1cc2c(=O)[nH]c3c(c2cc1F)C(N(C)C(=O)c1cccc(C#N)c1)COC3. The van der Waals surface area contributed by atoms with Crippen molar-refractivity contribution in [3.05, 3.63) is 80.5 Å². The van der Waals surface area contributed by atoms with Gasteiger partial charge in [0.15, 0.2) is 0 Å². The van der Waals surface area contributed by atoms with Gasteiger partial charge < -0.3 is 14.6 Å². The molecule has 0 spiro atoms. The smallest absolute Gasteiger partial charge is 0.256 e. The molecular formula is C22H18FN3O3. The molecule has 146 valence electrons. The third kappa shape index (κ3) is 3.18. The molecule has 6 nitrogen and oxygen atoms in total. The molecule has 0 fully saturated rings. The number of nitriles is 1. The first kappa shape index (κ1) is 18.8. The fourth-order valence-corrected chi connectivity index (χ4v) is 3.75. The number of rotatable bonds is 2. The second kappa shape index (κ2) is 7.15. The standard InChI is InChI=1S/C22H18FN3O3/c1-12-6-16-15(8-17(12)23)20-18(25-21(16)27)10-29-11-19(20)26(2)22(28)14-5-3-4-13(7-14)9-24/h3-8,19H,10-11H2,1-2H3,(H,25,27). The van der Waals surface area contributed by atoms with Crippen molar-refractivity contribution in [2.24, 2.45) is 0 Å². The average Bonchev–Trinajstić information content (AvgIpc) is 2.73. The van der Waals surface area contributed by atoms with Crippen LogP contribution in [0.1, 0.15) is 38.8 Å². The van der Waals surface area contributed by atoms with E-state index in [1.807, 2.05) is 6.07 Å². The quantitative estimate of drug-likeness (QED) is 0.727. The highest BCUT2D eigenvalue weighted by molar-refractivity contribution is 5.95. The fourth-order valence-electron chi connectivity index (χ4n) is 3.75. The van der Waals surface area contributed by atoms with Crippen LogP contribution in [0.2, 0.25) is 0 Å². The molecule has 0 saturated carbocycles. The molecule has 0 bridgehead atoms. The Kier molecular flexibility index (Phi) is 4.65. The molecule has 1 atom stereocenters. The Hall–Kier alpha value is -3.50. The highest BCUT2D eigenvalue weighted by Gasteiger charge is 2.31. The second-order valence-corrected chi connectivity index (χ2v) is 7.13. The molecule has 2 heterocycles. The van der Waals surface area contributed by atoms with E-state index in [-0.39, 0.29) is 24.7 Å². The summed E-state index contributed by atoms with van der Waals surface area (Å²) in [4.78, 5) is 29.9. The normalized spacial score (nSPS) is 15.6. The molecule has 1 aromatic heterocycles. The van der Waals surface area contributed by atoms with E-state index in [9.17, 15) is 14.0 Å². The van der Waals surface area contributed by atoms with Crippen molar-refractivity contribution in [1.82, 2.24) is 9.88 Å². The van der Waals surface area contributed by atoms with E-state index in [0.29, 0.717) is 38.7 Å². The molecule has 0 radical (unpaired) electrons. The van der Waals surface area contributed by atoms with Gasteiger partial charge in [0.05, 0.1) is 30.9 Å². The molecule has 1 amide bonds. The molecule has 29 heavy (non-hydrogen) atoms. The molecule has 0 saturated heterocycles. The number of aromatic amines is 1. The lowest BCUT2D eigenvalue weighted by Crippen LogP contribution is -2.37. The number of carbonyl (C=O) groups is 1. The van der Waals surface area contributed by atoms with Gasteiger partial charge in [0.1, 0.15) is 5.82 Å². The molecule has 4 rings (SSSR count). The van der Waals surface area contributed by atoms with Crippen LogP contribution < -0.4 is 5.56 Å². The van der Waals surface area contributed by atoms with Crippen molar-refractivity contribution in [3.8, 4) is 6.07 Å². The number of hydrogen-bond donors (Lipinski definition) is 1. The monoisotopic (exact) mass is 391 g/mol. The van der Waals surface area contributed by atoms with Crippen LogP contribution in [0.5, 0.6) is 0 Å². The van der Waals surface area contributed by atoms with Crippen LogP contribution in [-0.4, -0.2) is 29.4 Å². The highest BCUT2D eigenvalue weighted by atomic mass is 19.1. The van der Waals surface area contributed by atoms with Crippen molar-refractivity contribution in [2.75, 3.05) is 13.7 Å². The highest BCUT2D eigenvalue weighted by Crippen LogP contribution is 2.34. The summed E-state index contributed by atoms with van der Waals surface area (Å²) in [5.74, 6) is -0.707. The lowest BCUT2D eigenvalue weighted by atomic mass is 9.94. The zero-order valence-corrected chi connectivity index (χ0v) is 16.0. The van der Waals surface area contributed by atoms with E-state index >= 15 is 0 Å². The molecule has 1 aliphatic rings. The largest absolute Gasteiger partial charge is 0.373 e. The van der Waals surface area contributed by atoms with Crippen molar-refractivity contribution >= 4 is 16.7 Å². The van der Waals surface area contributed by atoms with Gasteiger partial charge in [-0.15, -0.1) is 0 Å². The first-order valence-corrected chi connectivity index (χ1v) is 9.10. The number of nitrogens with zero attached hydrogens (tertiary/aromatic N) is 2. The number of aromatic nitrogens is 1. The van der Waals surface area contributed by atoms with Crippen LogP contribution >= 0.6 is 0 Å². The second-order valence-electron chi connectivity index (χ2n) is 7.13. The lowest BCUT2D eigenvalue weighted by molar-refractivity contribution is 0.0335. The van der Waals surface area contributed by atoms with Crippen molar-refractivity contribution in [3.63, 3.8) is 0 Å². The Bertz CT molecular complexity index is 1240. The molecule has 3 aromatic rings. The Morgan fingerprint density at radius 3 is 2.86 bits per heavy atom. The van der Waals surface area contributed by atoms with E-state index in [2.05, 4.69) is 4.98 Å². The number of fused-ring (bicyclic) bond motifs is 3. The number of halogens is 1. The summed E-state index contributed by atoms with van der Waals surface area (Å²) >= 11 is 0. The maximum Gasteiger partial charge on any atom is 0.256 e. The summed E-state index contributed by atoms with van der Waals surface area (Å²) in [7, 11) is 1.63. The lowest BCUT2D eigenvalue weighted by Gasteiger charge is -2.34. The van der Waals surface area contributed by atoms with Gasteiger partial charge in [-0.3, -0.25) is 9.59 Å². The number of aryl methyl sites for hydroxylation is 1. The van der Waals surface area contributed by atoms with E-state index in [1.165, 1.54) is 23.1 Å². The molecule has 1 unspecified atom stereocenters. The summed E-state index contributed by atoms with van der Waals surface area (Å²) in [6, 6.07) is 10.8. The van der Waals surface area contributed by atoms with E-state index in [1.54, 1.807) is 32.2 Å². The zero-order chi connectivity index (χ0) is 20.7. The van der Waals surface area contributed by atoms with Gasteiger partial charge in [-0.25, -0.2) is 4.39 Å². The minimum absolute atomic E-state index is 0.179. The maximum absolute atomic E-state index is 14.3. The van der Waals surface area contributed by atoms with Gasteiger partial charge in [-0.1, -0.05) is 6.07 Å². The number of H-pyrrole nitrogens is 1. The molecule has 1 aliphatic heterocycles. The number of nitrogens with one attached hydrogen (secondary N) is 1. The number of likely N-dealkylation sites (N-methyl/N-ethyl adjacent to an activating group) is 1. The Labute approximate surface area is 166 Å². The van der Waals surface area contributed by atoms with E-state index < -0.39 is 11.9 Å². The maximum atomic E-state index is 14.3. The van der Waals surface area contributed by atoms with Gasteiger partial charge in [0, 0.05) is 29.3 Å². The van der Waals surface area contributed by atoms with Gasteiger partial charge in [-0.05, 0) is 48.2 Å². The van der Waals surface area contributed by atoms with Crippen LogP contribution in [0.25, 0.3) is 10.8 Å². The first-order chi connectivity index (χ1) is 13.9. The predicted octanol–water partition coefficient (Wildman–Crippen LogP) is 3.19. The number of ether oxygens (including phenoxy) is 1. The van der Waals surface area contributed by atoms with Gasteiger partial charge in [0.2, 0.25) is 0 Å². The number of benzene rings is 2. The minimum Gasteiger partial charge on any atom is -0.373 e. The molecule has 2 aromatic carbocycles. The zero-order valence-electron chi connectivity index (χ0n) is 16.0. The fraction of sp³-hybridized carbons (Fsp3) is 0.227. The molecular weight excluding hydrogens is 373 g/mol. The van der Waals surface area contributed by atoms with Gasteiger partial charge in [-0.2, -0.15) is 5.26 Å². The third-order valence-electron chi connectivity index (χ3n) is 5.30. The Balaban J connectivity index is 1.85. The number of amides is 1. The summed E-state index contributed by atoms with van der Waals surface area (Å²) in [6.45, 7) is 1.99. The summed E-state index contributed by atoms with van der Waals surface area (Å²) < 4.78 is 19.9. The number of hydrogen-bond acceptors (Lipinski definition) is 4. The van der Waals surface area contributed by atoms with Crippen molar-refractivity contribution < 1.29 is 13.9 Å². The molecule has 7 heteroatoms. The van der Waals surface area contributed by atoms with Crippen LogP contribution in [0, 0.1) is 24.1 Å². The van der Waals surface area contributed by atoms with Gasteiger partial charge in [0.25, 0.3) is 11.5 Å². The summed E-state index contributed by atoms with van der Waals surface area (Å²) in [5.41, 5.74) is 2.03. The summed E-state index contributed by atoms with van der Waals surface area (Å²) in [5, 5.41) is 9.94. The van der Waals surface area contributed by atoms with Gasteiger partial charge >= 0.3 is 0 Å². The molecule has 0 aliphatic carbocycles. The number of pyridine rings is 1. The topological polar surface area (TPSA) is 86.2 Å². The molecule has 1 N–H and O–H groups in total. The Morgan fingerprint density at radius 1 is 1.31 bits per heavy atom. The first-order valence-electron chi connectivity index (χ1n) is 9.10. The van der Waals surface area contributed by atoms with E-state index in [0.717, 1.165) is 0 Å². The third-order valence-corrected chi connectivity index (χ3v) is 5.30. The van der Waals surface area contributed by atoms with Crippen LogP contribution in [0.15, 0.2) is 41.2 Å². The Morgan fingerprint density at radius 2 is 2.10 bits per heavy atom. The van der Waals surface area contributed by atoms with Crippen LogP contribution in [0.3, 0.4) is 0 Å². The summed E-state index contributed by atoms with van der Waals surface area (Å²) in [6.07, 6.45) is 0. The minimum atomic E-state index is -0.515. The average molecular weight is 391 g/mol. The van der Waals surface area contributed by atoms with Crippen molar-refractivity contribution in [1.29, 1.82) is 5.26 Å². The van der Waals surface area contributed by atoms with E-state index in [4.69, 9.17) is 10.00 Å².